The first-order valence-corrected chi connectivity index (χ1v) is 6.14. The molecule has 1 aliphatic rings. The molecule has 1 unspecified atom stereocenters. The maximum absolute atomic E-state index is 11.8. The number of nitrogens with one attached hydrogen (secondary N) is 1. The molecule has 17 heavy (non-hydrogen) atoms. The van der Waals surface area contributed by atoms with Crippen LogP contribution in [0, 0.1) is 5.92 Å². The maximum Gasteiger partial charge on any atom is 0.287 e. The first kappa shape index (κ1) is 12.2. The van der Waals surface area contributed by atoms with E-state index < -0.39 is 0 Å². The van der Waals surface area contributed by atoms with Crippen LogP contribution in [0.4, 0.5) is 5.69 Å². The molecule has 0 aromatic carbocycles. The van der Waals surface area contributed by atoms with E-state index in [-0.39, 0.29) is 10.6 Å². The molecule has 1 saturated carbocycles. The SMILES string of the molecule is C=CCn1ncc(NC(C)C2CC2)c(Cl)c1=O. The molecule has 1 atom stereocenters. The Kier molecular flexibility index (Phi) is 3.52. The summed E-state index contributed by atoms with van der Waals surface area (Å²) in [7, 11) is 0. The van der Waals surface area contributed by atoms with Gasteiger partial charge in [-0.3, -0.25) is 4.79 Å². The predicted molar refractivity (Wildman–Crippen MR) is 69.5 cm³/mol. The molecule has 1 aromatic heterocycles. The lowest BCUT2D eigenvalue weighted by atomic mass is 10.2. The second-order valence-electron chi connectivity index (χ2n) is 4.42. The molecule has 1 aromatic rings. The third kappa shape index (κ3) is 2.69. The molecule has 0 saturated heterocycles. The Bertz CT molecular complexity index is 479. The number of hydrogen-bond donors (Lipinski definition) is 1. The van der Waals surface area contributed by atoms with Crippen LogP contribution in [0.1, 0.15) is 19.8 Å². The third-order valence-corrected chi connectivity index (χ3v) is 3.36. The van der Waals surface area contributed by atoms with Crippen molar-refractivity contribution >= 4 is 17.3 Å². The van der Waals surface area contributed by atoms with Crippen molar-refractivity contribution < 1.29 is 0 Å². The fourth-order valence-corrected chi connectivity index (χ4v) is 1.98. The van der Waals surface area contributed by atoms with Crippen LogP contribution < -0.4 is 10.9 Å². The van der Waals surface area contributed by atoms with Gasteiger partial charge in [-0.05, 0) is 25.7 Å². The molecule has 1 heterocycles. The van der Waals surface area contributed by atoms with E-state index in [2.05, 4.69) is 23.9 Å². The van der Waals surface area contributed by atoms with E-state index >= 15 is 0 Å². The zero-order valence-corrected chi connectivity index (χ0v) is 10.6. The monoisotopic (exact) mass is 253 g/mol. The first-order valence-electron chi connectivity index (χ1n) is 5.76. The zero-order chi connectivity index (χ0) is 12.4. The van der Waals surface area contributed by atoms with Crippen LogP contribution in [-0.4, -0.2) is 15.8 Å². The van der Waals surface area contributed by atoms with Crippen LogP contribution in [0.5, 0.6) is 0 Å². The van der Waals surface area contributed by atoms with Gasteiger partial charge in [0.2, 0.25) is 0 Å². The van der Waals surface area contributed by atoms with Gasteiger partial charge < -0.3 is 5.32 Å². The molecule has 0 aliphatic heterocycles. The van der Waals surface area contributed by atoms with Crippen LogP contribution in [-0.2, 0) is 6.54 Å². The van der Waals surface area contributed by atoms with Gasteiger partial charge in [0.1, 0.15) is 5.02 Å². The lowest BCUT2D eigenvalue weighted by molar-refractivity contribution is 0.647. The van der Waals surface area contributed by atoms with E-state index in [1.165, 1.54) is 17.5 Å². The number of rotatable bonds is 5. The van der Waals surface area contributed by atoms with Crippen LogP contribution in [0.3, 0.4) is 0 Å². The topological polar surface area (TPSA) is 46.9 Å². The van der Waals surface area contributed by atoms with Gasteiger partial charge in [0.15, 0.2) is 0 Å². The molecule has 0 radical (unpaired) electrons. The van der Waals surface area contributed by atoms with Crippen molar-refractivity contribution in [3.05, 3.63) is 34.2 Å². The number of halogens is 1. The highest BCUT2D eigenvalue weighted by Crippen LogP contribution is 2.34. The number of aromatic nitrogens is 2. The molecule has 1 aliphatic carbocycles. The second kappa shape index (κ2) is 4.92. The largest absolute Gasteiger partial charge is 0.380 e. The van der Waals surface area contributed by atoms with Gasteiger partial charge in [-0.2, -0.15) is 5.10 Å². The Labute approximate surface area is 105 Å². The predicted octanol–water partition coefficient (Wildman–Crippen LogP) is 2.29. The van der Waals surface area contributed by atoms with Crippen molar-refractivity contribution in [1.82, 2.24) is 9.78 Å². The van der Waals surface area contributed by atoms with E-state index in [0.29, 0.717) is 24.2 Å². The lowest BCUT2D eigenvalue weighted by Crippen LogP contribution is -2.26. The van der Waals surface area contributed by atoms with Crippen LogP contribution in [0.2, 0.25) is 5.02 Å². The van der Waals surface area contributed by atoms with Gasteiger partial charge >= 0.3 is 0 Å². The van der Waals surface area contributed by atoms with Crippen molar-refractivity contribution in [1.29, 1.82) is 0 Å². The minimum atomic E-state index is -0.278. The number of anilines is 1. The Balaban J connectivity index is 2.20. The van der Waals surface area contributed by atoms with Crippen molar-refractivity contribution in [3.8, 4) is 0 Å². The quantitative estimate of drug-likeness (QED) is 0.819. The van der Waals surface area contributed by atoms with Gasteiger partial charge in [0.25, 0.3) is 5.56 Å². The fraction of sp³-hybridized carbons (Fsp3) is 0.500. The highest BCUT2D eigenvalue weighted by molar-refractivity contribution is 6.32. The van der Waals surface area contributed by atoms with Crippen molar-refractivity contribution in [3.63, 3.8) is 0 Å². The summed E-state index contributed by atoms with van der Waals surface area (Å²) in [4.78, 5) is 11.8. The molecule has 92 valence electrons. The van der Waals surface area contributed by atoms with E-state index in [9.17, 15) is 4.79 Å². The summed E-state index contributed by atoms with van der Waals surface area (Å²) >= 11 is 6.03. The zero-order valence-electron chi connectivity index (χ0n) is 9.82. The van der Waals surface area contributed by atoms with Gasteiger partial charge in [-0.25, -0.2) is 4.68 Å². The Morgan fingerprint density at radius 1 is 1.76 bits per heavy atom. The van der Waals surface area contributed by atoms with Crippen molar-refractivity contribution in [2.45, 2.75) is 32.4 Å². The lowest BCUT2D eigenvalue weighted by Gasteiger charge is -2.15. The van der Waals surface area contributed by atoms with Crippen LogP contribution >= 0.6 is 11.6 Å². The molecular formula is C12H16ClN3O. The molecule has 0 spiro atoms. The Morgan fingerprint density at radius 3 is 3.06 bits per heavy atom. The summed E-state index contributed by atoms with van der Waals surface area (Å²) in [5, 5.41) is 7.50. The minimum Gasteiger partial charge on any atom is -0.380 e. The molecule has 2 rings (SSSR count). The van der Waals surface area contributed by atoms with E-state index in [1.54, 1.807) is 12.3 Å². The van der Waals surface area contributed by atoms with Gasteiger partial charge in [-0.15, -0.1) is 6.58 Å². The average Bonchev–Trinajstić information content (AvgIpc) is 3.12. The van der Waals surface area contributed by atoms with Crippen molar-refractivity contribution in [2.24, 2.45) is 5.92 Å². The highest BCUT2D eigenvalue weighted by Gasteiger charge is 2.28. The summed E-state index contributed by atoms with van der Waals surface area (Å²) < 4.78 is 1.29. The first-order chi connectivity index (χ1) is 8.13. The third-order valence-electron chi connectivity index (χ3n) is 3.00. The summed E-state index contributed by atoms with van der Waals surface area (Å²) in [6.45, 7) is 6.04. The summed E-state index contributed by atoms with van der Waals surface area (Å²) in [5.41, 5.74) is 0.343. The minimum absolute atomic E-state index is 0.203. The fourth-order valence-electron chi connectivity index (χ4n) is 1.78. The molecule has 0 amide bonds. The van der Waals surface area contributed by atoms with Gasteiger partial charge in [-0.1, -0.05) is 17.7 Å². The van der Waals surface area contributed by atoms with E-state index in [4.69, 9.17) is 11.6 Å². The number of hydrogen-bond acceptors (Lipinski definition) is 3. The van der Waals surface area contributed by atoms with E-state index in [0.717, 1.165) is 0 Å². The van der Waals surface area contributed by atoms with Crippen LogP contribution in [0.25, 0.3) is 0 Å². The molecular weight excluding hydrogens is 238 g/mol. The molecule has 0 bridgehead atoms. The van der Waals surface area contributed by atoms with Crippen LogP contribution in [0.15, 0.2) is 23.6 Å². The number of allylic oxidation sites excluding steroid dienone is 1. The van der Waals surface area contributed by atoms with Crippen molar-refractivity contribution in [2.75, 3.05) is 5.32 Å². The van der Waals surface area contributed by atoms with Gasteiger partial charge in [0, 0.05) is 6.04 Å². The van der Waals surface area contributed by atoms with E-state index in [1.807, 2.05) is 0 Å². The summed E-state index contributed by atoms with van der Waals surface area (Å²) in [6, 6.07) is 0.337. The van der Waals surface area contributed by atoms with Gasteiger partial charge in [0.05, 0.1) is 18.4 Å². The molecule has 5 heteroatoms. The Morgan fingerprint density at radius 2 is 2.47 bits per heavy atom. The highest BCUT2D eigenvalue weighted by atomic mass is 35.5. The number of nitrogens with zero attached hydrogens (tertiary/aromatic N) is 2. The molecule has 1 N–H and O–H groups in total. The molecule has 4 nitrogen and oxygen atoms in total. The Hall–Kier alpha value is -1.29. The molecule has 1 fully saturated rings. The maximum atomic E-state index is 11.8. The normalized spacial score (nSPS) is 16.6. The summed E-state index contributed by atoms with van der Waals surface area (Å²) in [6.07, 6.45) is 5.70. The summed E-state index contributed by atoms with van der Waals surface area (Å²) in [5.74, 6) is 0.696. The average molecular weight is 254 g/mol. The standard InChI is InChI=1S/C12H16ClN3O/c1-3-6-16-12(17)11(13)10(7-14-16)15-8(2)9-4-5-9/h3,7-9,15H,1,4-6H2,2H3. The smallest absolute Gasteiger partial charge is 0.287 e. The second-order valence-corrected chi connectivity index (χ2v) is 4.80.